The molecular weight excluding hydrogens is 370 g/mol. The first kappa shape index (κ1) is 18.7. The minimum atomic E-state index is -1.35. The van der Waals surface area contributed by atoms with E-state index in [0.29, 0.717) is 6.54 Å². The first-order valence-corrected chi connectivity index (χ1v) is 9.48. The van der Waals surface area contributed by atoms with Crippen LogP contribution in [0.1, 0.15) is 23.2 Å². The van der Waals surface area contributed by atoms with Gasteiger partial charge in [0.25, 0.3) is 0 Å². The molecule has 0 saturated carbocycles. The summed E-state index contributed by atoms with van der Waals surface area (Å²) in [6, 6.07) is 14.1. The molecule has 1 aromatic carbocycles. The van der Waals surface area contributed by atoms with E-state index < -0.39 is 22.7 Å². The van der Waals surface area contributed by atoms with Gasteiger partial charge in [0.1, 0.15) is 11.4 Å². The number of rotatable bonds is 5. The lowest BCUT2D eigenvalue weighted by molar-refractivity contribution is 0.0693. The molecule has 1 atom stereocenters. The van der Waals surface area contributed by atoms with Crippen LogP contribution in [0.15, 0.2) is 65.8 Å². The molecule has 1 aliphatic rings. The van der Waals surface area contributed by atoms with Crippen molar-refractivity contribution in [1.82, 2.24) is 9.55 Å². The molecule has 1 fully saturated rings. The molecule has 2 aromatic heterocycles. The molecule has 0 spiro atoms. The van der Waals surface area contributed by atoms with Crippen molar-refractivity contribution in [3.05, 3.63) is 76.8 Å². The van der Waals surface area contributed by atoms with Gasteiger partial charge in [0.15, 0.2) is 5.75 Å². The summed E-state index contributed by atoms with van der Waals surface area (Å²) in [6.45, 7) is 1.28. The van der Waals surface area contributed by atoms with Gasteiger partial charge in [-0.1, -0.05) is 30.3 Å². The van der Waals surface area contributed by atoms with Gasteiger partial charge < -0.3 is 19.7 Å². The predicted molar refractivity (Wildman–Crippen MR) is 109 cm³/mol. The molecule has 2 N–H and O–H groups in total. The molecule has 7 heteroatoms. The zero-order chi connectivity index (χ0) is 20.4. The van der Waals surface area contributed by atoms with Gasteiger partial charge in [0.05, 0.1) is 0 Å². The molecule has 3 heterocycles. The van der Waals surface area contributed by atoms with Gasteiger partial charge in [0.2, 0.25) is 5.43 Å². The van der Waals surface area contributed by atoms with Gasteiger partial charge >= 0.3 is 5.97 Å². The second-order valence-corrected chi connectivity index (χ2v) is 7.12. The number of hydrogen-bond acceptors (Lipinski definition) is 5. The van der Waals surface area contributed by atoms with Crippen molar-refractivity contribution >= 4 is 11.8 Å². The fourth-order valence-corrected chi connectivity index (χ4v) is 3.89. The highest BCUT2D eigenvalue weighted by molar-refractivity contribution is 5.87. The van der Waals surface area contributed by atoms with Crippen LogP contribution >= 0.6 is 0 Å². The van der Waals surface area contributed by atoms with Crippen molar-refractivity contribution in [1.29, 1.82) is 0 Å². The third kappa shape index (κ3) is 3.71. The highest BCUT2D eigenvalue weighted by Crippen LogP contribution is 2.33. The highest BCUT2D eigenvalue weighted by Gasteiger charge is 2.28. The summed E-state index contributed by atoms with van der Waals surface area (Å²) in [5, 5.41) is 19.1. The second kappa shape index (κ2) is 7.79. The van der Waals surface area contributed by atoms with Crippen LogP contribution in [0.5, 0.6) is 5.75 Å². The number of nitrogens with zero attached hydrogens (tertiary/aromatic N) is 3. The van der Waals surface area contributed by atoms with E-state index in [9.17, 15) is 19.8 Å². The fraction of sp³-hybridized carbons (Fsp3) is 0.227. The van der Waals surface area contributed by atoms with Crippen LogP contribution in [-0.2, 0) is 6.54 Å². The molecule has 1 saturated heterocycles. The molecule has 148 valence electrons. The summed E-state index contributed by atoms with van der Waals surface area (Å²) in [4.78, 5) is 30.0. The number of carboxylic acids is 1. The second-order valence-electron chi connectivity index (χ2n) is 7.12. The Hall–Kier alpha value is -3.61. The Bertz CT molecular complexity index is 1090. The average Bonchev–Trinajstić information content (AvgIpc) is 3.19. The predicted octanol–water partition coefficient (Wildman–Crippen LogP) is 2.98. The van der Waals surface area contributed by atoms with Gasteiger partial charge in [-0.25, -0.2) is 9.78 Å². The Morgan fingerprint density at radius 1 is 1.14 bits per heavy atom. The van der Waals surface area contributed by atoms with E-state index in [0.717, 1.165) is 36.3 Å². The maximum atomic E-state index is 11.8. The van der Waals surface area contributed by atoms with Crippen molar-refractivity contribution in [2.75, 3.05) is 11.4 Å². The topological polar surface area (TPSA) is 95.7 Å². The molecule has 0 aliphatic carbocycles. The zero-order valence-corrected chi connectivity index (χ0v) is 15.7. The number of carboxylic acid groups (broad SMARTS) is 1. The Morgan fingerprint density at radius 2 is 1.93 bits per heavy atom. The Balaban J connectivity index is 1.67. The molecular formula is C22H21N3O4. The summed E-state index contributed by atoms with van der Waals surface area (Å²) >= 11 is 0. The Kier molecular flexibility index (Phi) is 5.03. The molecule has 3 aromatic rings. The van der Waals surface area contributed by atoms with Crippen molar-refractivity contribution in [3.8, 4) is 16.9 Å². The van der Waals surface area contributed by atoms with Crippen LogP contribution in [0.4, 0.5) is 5.82 Å². The van der Waals surface area contributed by atoms with E-state index in [2.05, 4.69) is 9.88 Å². The molecule has 7 nitrogen and oxygen atoms in total. The summed E-state index contributed by atoms with van der Waals surface area (Å²) < 4.78 is 1.58. The number of aromatic nitrogens is 2. The smallest absolute Gasteiger partial charge is 0.341 e. The summed E-state index contributed by atoms with van der Waals surface area (Å²) in [7, 11) is 0. The number of aromatic hydroxyl groups is 1. The Labute approximate surface area is 167 Å². The number of hydrogen-bond donors (Lipinski definition) is 2. The van der Waals surface area contributed by atoms with Gasteiger partial charge in [-0.3, -0.25) is 4.79 Å². The summed E-state index contributed by atoms with van der Waals surface area (Å²) in [5.74, 6) is -1.03. The summed E-state index contributed by atoms with van der Waals surface area (Å²) in [5.41, 5.74) is 0.815. The van der Waals surface area contributed by atoms with Crippen LogP contribution in [0.25, 0.3) is 11.1 Å². The molecule has 0 bridgehead atoms. The molecule has 29 heavy (non-hydrogen) atoms. The third-order valence-electron chi connectivity index (χ3n) is 5.23. The maximum Gasteiger partial charge on any atom is 0.341 e. The van der Waals surface area contributed by atoms with Crippen LogP contribution in [-0.4, -0.2) is 38.3 Å². The lowest BCUT2D eigenvalue weighted by Gasteiger charge is -2.28. The number of anilines is 1. The lowest BCUT2D eigenvalue weighted by atomic mass is 10.1. The van der Waals surface area contributed by atoms with Crippen molar-refractivity contribution in [3.63, 3.8) is 0 Å². The monoisotopic (exact) mass is 391 g/mol. The minimum Gasteiger partial charge on any atom is -0.503 e. The highest BCUT2D eigenvalue weighted by atomic mass is 16.4. The molecule has 0 amide bonds. The number of benzene rings is 1. The molecule has 1 aliphatic heterocycles. The number of carbonyl (C=O) groups is 1. The van der Waals surface area contributed by atoms with E-state index in [1.807, 2.05) is 42.5 Å². The van der Waals surface area contributed by atoms with Gasteiger partial charge in [-0.2, -0.15) is 0 Å². The van der Waals surface area contributed by atoms with Crippen LogP contribution < -0.4 is 10.3 Å². The zero-order valence-electron chi connectivity index (χ0n) is 15.7. The van der Waals surface area contributed by atoms with Gasteiger partial charge in [-0.05, 0) is 30.5 Å². The molecule has 4 rings (SSSR count). The summed E-state index contributed by atoms with van der Waals surface area (Å²) in [6.07, 6.45) is 6.23. The van der Waals surface area contributed by atoms with E-state index in [1.54, 1.807) is 10.8 Å². The maximum absolute atomic E-state index is 11.8. The number of pyridine rings is 2. The van der Waals surface area contributed by atoms with Gasteiger partial charge in [-0.15, -0.1) is 0 Å². The standard InChI is InChI=1S/C22H21N3O4/c26-19-14-24(13-18(20(19)27)22(28)29)12-16-8-5-11-25(16)21-17(9-4-10-23-21)15-6-2-1-3-7-15/h1-4,6-7,9-10,13-14,16,26H,5,8,11-12H2,(H,28,29)/t16-/m0/s1. The number of aromatic carboxylic acids is 1. The molecule has 0 radical (unpaired) electrons. The molecule has 0 unspecified atom stereocenters. The first-order valence-electron chi connectivity index (χ1n) is 9.48. The largest absolute Gasteiger partial charge is 0.503 e. The van der Waals surface area contributed by atoms with E-state index in [-0.39, 0.29) is 6.04 Å². The van der Waals surface area contributed by atoms with Crippen LogP contribution in [0, 0.1) is 0 Å². The SMILES string of the molecule is O=C(O)c1cn(C[C@@H]2CCCN2c2ncccc2-c2ccccc2)cc(O)c1=O. The van der Waals surface area contributed by atoms with Crippen LogP contribution in [0.2, 0.25) is 0 Å². The fourth-order valence-electron chi connectivity index (χ4n) is 3.89. The quantitative estimate of drug-likeness (QED) is 0.694. The van der Waals surface area contributed by atoms with E-state index in [1.165, 1.54) is 12.4 Å². The third-order valence-corrected chi connectivity index (χ3v) is 5.23. The van der Waals surface area contributed by atoms with Crippen molar-refractivity contribution in [2.24, 2.45) is 0 Å². The Morgan fingerprint density at radius 3 is 2.69 bits per heavy atom. The van der Waals surface area contributed by atoms with Crippen molar-refractivity contribution < 1.29 is 15.0 Å². The van der Waals surface area contributed by atoms with E-state index >= 15 is 0 Å². The first-order chi connectivity index (χ1) is 14.0. The van der Waals surface area contributed by atoms with Crippen molar-refractivity contribution in [2.45, 2.75) is 25.4 Å². The van der Waals surface area contributed by atoms with Gasteiger partial charge in [0, 0.05) is 43.3 Å². The minimum absolute atomic E-state index is 0.0657. The van der Waals surface area contributed by atoms with E-state index in [4.69, 9.17) is 0 Å². The van der Waals surface area contributed by atoms with Crippen LogP contribution in [0.3, 0.4) is 0 Å². The lowest BCUT2D eigenvalue weighted by Crippen LogP contribution is -2.34. The average molecular weight is 391 g/mol. The normalized spacial score (nSPS) is 16.1.